The Morgan fingerprint density at radius 2 is 2.28 bits per heavy atom. The van der Waals surface area contributed by atoms with E-state index >= 15 is 0 Å². The molecule has 1 aliphatic heterocycles. The highest BCUT2D eigenvalue weighted by Crippen LogP contribution is 2.29. The Morgan fingerprint density at radius 1 is 1.50 bits per heavy atom. The standard InChI is InChI=1S/C13H18F2N2O/c1-13(5-2-6-18-13)8-17-11-4-3-9(12(14)15)7-10(11)16/h3-4,7,12,17H,2,5-6,8,16H2,1H3. The van der Waals surface area contributed by atoms with Crippen LogP contribution in [0.4, 0.5) is 20.2 Å². The molecule has 1 atom stereocenters. The van der Waals surface area contributed by atoms with E-state index < -0.39 is 6.43 Å². The maximum atomic E-state index is 12.5. The van der Waals surface area contributed by atoms with Crippen molar-refractivity contribution in [1.29, 1.82) is 0 Å². The van der Waals surface area contributed by atoms with Gasteiger partial charge in [0.25, 0.3) is 6.43 Å². The van der Waals surface area contributed by atoms with E-state index in [0.717, 1.165) is 19.4 Å². The number of ether oxygens (including phenoxy) is 1. The highest BCUT2D eigenvalue weighted by molar-refractivity contribution is 5.67. The summed E-state index contributed by atoms with van der Waals surface area (Å²) in [5.74, 6) is 0. The second-order valence-electron chi connectivity index (χ2n) is 4.90. The van der Waals surface area contributed by atoms with E-state index in [4.69, 9.17) is 10.5 Å². The summed E-state index contributed by atoms with van der Waals surface area (Å²) in [6.07, 6.45) is -0.440. The van der Waals surface area contributed by atoms with E-state index in [-0.39, 0.29) is 11.2 Å². The number of nitrogens with two attached hydrogens (primary N) is 1. The molecule has 0 aliphatic carbocycles. The van der Waals surface area contributed by atoms with Crippen molar-refractivity contribution < 1.29 is 13.5 Å². The third kappa shape index (κ3) is 2.90. The fourth-order valence-electron chi connectivity index (χ4n) is 2.14. The van der Waals surface area contributed by atoms with Gasteiger partial charge >= 0.3 is 0 Å². The van der Waals surface area contributed by atoms with Crippen LogP contribution in [-0.4, -0.2) is 18.8 Å². The Labute approximate surface area is 105 Å². The highest BCUT2D eigenvalue weighted by atomic mass is 19.3. The fraction of sp³-hybridized carbons (Fsp3) is 0.538. The van der Waals surface area contributed by atoms with Crippen LogP contribution in [0.25, 0.3) is 0 Å². The number of rotatable bonds is 4. The molecule has 0 bridgehead atoms. The van der Waals surface area contributed by atoms with Crippen molar-refractivity contribution in [2.24, 2.45) is 0 Å². The number of hydrogen-bond acceptors (Lipinski definition) is 3. The monoisotopic (exact) mass is 256 g/mol. The first kappa shape index (κ1) is 13.1. The normalized spacial score (nSPS) is 23.6. The Bertz CT molecular complexity index is 417. The van der Waals surface area contributed by atoms with Crippen molar-refractivity contribution in [1.82, 2.24) is 0 Å². The molecule has 3 nitrogen and oxygen atoms in total. The highest BCUT2D eigenvalue weighted by Gasteiger charge is 2.29. The summed E-state index contributed by atoms with van der Waals surface area (Å²) in [4.78, 5) is 0. The molecular formula is C13H18F2N2O. The van der Waals surface area contributed by atoms with Crippen molar-refractivity contribution in [3.63, 3.8) is 0 Å². The predicted octanol–water partition coefficient (Wildman–Crippen LogP) is 3.19. The van der Waals surface area contributed by atoms with E-state index in [1.165, 1.54) is 12.1 Å². The summed E-state index contributed by atoms with van der Waals surface area (Å²) in [5.41, 5.74) is 6.53. The zero-order valence-electron chi connectivity index (χ0n) is 10.4. The van der Waals surface area contributed by atoms with E-state index in [1.54, 1.807) is 6.07 Å². The third-order valence-corrected chi connectivity index (χ3v) is 3.28. The van der Waals surface area contributed by atoms with Gasteiger partial charge in [0.05, 0.1) is 17.0 Å². The Balaban J connectivity index is 2.01. The fourth-order valence-corrected chi connectivity index (χ4v) is 2.14. The van der Waals surface area contributed by atoms with Crippen LogP contribution in [0.1, 0.15) is 31.8 Å². The number of nitrogen functional groups attached to an aromatic ring is 1. The van der Waals surface area contributed by atoms with Crippen LogP contribution in [-0.2, 0) is 4.74 Å². The molecule has 18 heavy (non-hydrogen) atoms. The van der Waals surface area contributed by atoms with Crippen LogP contribution < -0.4 is 11.1 Å². The van der Waals surface area contributed by atoms with Gasteiger partial charge in [0.2, 0.25) is 0 Å². The van der Waals surface area contributed by atoms with Crippen LogP contribution in [0.15, 0.2) is 18.2 Å². The van der Waals surface area contributed by atoms with Gasteiger partial charge in [-0.1, -0.05) is 6.07 Å². The SMILES string of the molecule is CC1(CNc2ccc(C(F)F)cc2N)CCCO1. The van der Waals surface area contributed by atoms with Crippen LogP contribution >= 0.6 is 0 Å². The molecule has 1 aromatic carbocycles. The summed E-state index contributed by atoms with van der Waals surface area (Å²) < 4.78 is 30.6. The van der Waals surface area contributed by atoms with Crippen molar-refractivity contribution in [2.75, 3.05) is 24.2 Å². The Morgan fingerprint density at radius 3 is 2.83 bits per heavy atom. The zero-order chi connectivity index (χ0) is 13.2. The second kappa shape index (κ2) is 5.10. The molecule has 5 heteroatoms. The maximum Gasteiger partial charge on any atom is 0.263 e. The number of benzene rings is 1. The Hall–Kier alpha value is -1.36. The van der Waals surface area contributed by atoms with Gasteiger partial charge in [-0.05, 0) is 31.9 Å². The molecule has 1 saturated heterocycles. The summed E-state index contributed by atoms with van der Waals surface area (Å²) in [5, 5.41) is 3.17. The molecule has 0 saturated carbocycles. The largest absolute Gasteiger partial charge is 0.397 e. The van der Waals surface area contributed by atoms with E-state index in [1.807, 2.05) is 6.92 Å². The maximum absolute atomic E-state index is 12.5. The van der Waals surface area contributed by atoms with Crippen LogP contribution in [0.2, 0.25) is 0 Å². The van der Waals surface area contributed by atoms with Gasteiger partial charge in [-0.2, -0.15) is 0 Å². The second-order valence-corrected chi connectivity index (χ2v) is 4.90. The van der Waals surface area contributed by atoms with Gasteiger partial charge in [-0.3, -0.25) is 0 Å². The van der Waals surface area contributed by atoms with Gasteiger partial charge in [0.15, 0.2) is 0 Å². The molecule has 1 aromatic rings. The molecule has 3 N–H and O–H groups in total. The number of alkyl halides is 2. The lowest BCUT2D eigenvalue weighted by Crippen LogP contribution is -2.32. The zero-order valence-corrected chi connectivity index (χ0v) is 10.4. The Kier molecular flexibility index (Phi) is 3.71. The average Bonchev–Trinajstić information content (AvgIpc) is 2.75. The lowest BCUT2D eigenvalue weighted by atomic mass is 10.0. The smallest absolute Gasteiger partial charge is 0.263 e. The lowest BCUT2D eigenvalue weighted by Gasteiger charge is -2.24. The summed E-state index contributed by atoms with van der Waals surface area (Å²) in [6.45, 7) is 3.44. The third-order valence-electron chi connectivity index (χ3n) is 3.28. The van der Waals surface area contributed by atoms with Crippen LogP contribution in [0.3, 0.4) is 0 Å². The lowest BCUT2D eigenvalue weighted by molar-refractivity contribution is 0.0315. The van der Waals surface area contributed by atoms with E-state index in [0.29, 0.717) is 17.9 Å². The topological polar surface area (TPSA) is 47.3 Å². The molecule has 1 aliphatic rings. The van der Waals surface area contributed by atoms with Crippen molar-refractivity contribution in [3.8, 4) is 0 Å². The molecule has 0 amide bonds. The minimum absolute atomic E-state index is 0.0543. The number of anilines is 2. The van der Waals surface area contributed by atoms with Gasteiger partial charge in [0.1, 0.15) is 0 Å². The summed E-state index contributed by atoms with van der Waals surface area (Å²) in [6, 6.07) is 4.29. The van der Waals surface area contributed by atoms with Gasteiger partial charge in [-0.15, -0.1) is 0 Å². The van der Waals surface area contributed by atoms with E-state index in [9.17, 15) is 8.78 Å². The van der Waals surface area contributed by atoms with E-state index in [2.05, 4.69) is 5.32 Å². The number of nitrogens with one attached hydrogen (secondary N) is 1. The molecular weight excluding hydrogens is 238 g/mol. The molecule has 1 heterocycles. The number of halogens is 2. The molecule has 1 unspecified atom stereocenters. The van der Waals surface area contributed by atoms with Gasteiger partial charge in [-0.25, -0.2) is 8.78 Å². The van der Waals surface area contributed by atoms with Crippen molar-refractivity contribution in [3.05, 3.63) is 23.8 Å². The molecule has 0 radical (unpaired) electrons. The molecule has 100 valence electrons. The molecule has 1 fully saturated rings. The molecule has 0 aromatic heterocycles. The van der Waals surface area contributed by atoms with Crippen LogP contribution in [0, 0.1) is 0 Å². The van der Waals surface area contributed by atoms with Gasteiger partial charge < -0.3 is 15.8 Å². The first-order chi connectivity index (χ1) is 8.50. The summed E-state index contributed by atoms with van der Waals surface area (Å²) in [7, 11) is 0. The number of hydrogen-bond donors (Lipinski definition) is 2. The molecule has 2 rings (SSSR count). The quantitative estimate of drug-likeness (QED) is 0.813. The molecule has 0 spiro atoms. The minimum Gasteiger partial charge on any atom is -0.397 e. The minimum atomic E-state index is -2.49. The van der Waals surface area contributed by atoms with Crippen molar-refractivity contribution in [2.45, 2.75) is 31.8 Å². The predicted molar refractivity (Wildman–Crippen MR) is 67.9 cm³/mol. The van der Waals surface area contributed by atoms with Gasteiger partial charge in [0, 0.05) is 18.7 Å². The first-order valence-electron chi connectivity index (χ1n) is 6.06. The summed E-state index contributed by atoms with van der Waals surface area (Å²) >= 11 is 0. The van der Waals surface area contributed by atoms with Crippen LogP contribution in [0.5, 0.6) is 0 Å². The van der Waals surface area contributed by atoms with Crippen molar-refractivity contribution >= 4 is 11.4 Å². The average molecular weight is 256 g/mol. The first-order valence-corrected chi connectivity index (χ1v) is 6.06.